The molecule has 0 saturated carbocycles. The van der Waals surface area contributed by atoms with Gasteiger partial charge in [-0.25, -0.2) is 8.42 Å². The SMILES string of the molecule is CCOc1ccccc1NC(=O)CS(=O)(=O)CCN(CC)CC. The largest absolute Gasteiger partial charge is 0.492 e. The summed E-state index contributed by atoms with van der Waals surface area (Å²) >= 11 is 0. The highest BCUT2D eigenvalue weighted by Crippen LogP contribution is 2.23. The van der Waals surface area contributed by atoms with E-state index in [1.165, 1.54) is 0 Å². The summed E-state index contributed by atoms with van der Waals surface area (Å²) in [5, 5.41) is 2.61. The first-order valence-corrected chi connectivity index (χ1v) is 9.68. The van der Waals surface area contributed by atoms with E-state index in [4.69, 9.17) is 4.74 Å². The van der Waals surface area contributed by atoms with Crippen molar-refractivity contribution in [3.8, 4) is 5.75 Å². The molecule has 6 nitrogen and oxygen atoms in total. The molecule has 0 radical (unpaired) electrons. The molecule has 1 aromatic rings. The average molecular weight is 342 g/mol. The number of nitrogens with one attached hydrogen (secondary N) is 1. The number of carbonyl (C=O) groups is 1. The van der Waals surface area contributed by atoms with Crippen molar-refractivity contribution in [2.45, 2.75) is 20.8 Å². The highest BCUT2D eigenvalue weighted by Gasteiger charge is 2.18. The van der Waals surface area contributed by atoms with Crippen molar-refractivity contribution in [1.29, 1.82) is 0 Å². The molecule has 7 heteroatoms. The summed E-state index contributed by atoms with van der Waals surface area (Å²) in [6, 6.07) is 6.97. The third-order valence-electron chi connectivity index (χ3n) is 3.42. The van der Waals surface area contributed by atoms with Crippen molar-refractivity contribution in [2.75, 3.05) is 43.1 Å². The number of hydrogen-bond acceptors (Lipinski definition) is 5. The van der Waals surface area contributed by atoms with Crippen molar-refractivity contribution in [1.82, 2.24) is 4.90 Å². The maximum Gasteiger partial charge on any atom is 0.239 e. The monoisotopic (exact) mass is 342 g/mol. The van der Waals surface area contributed by atoms with Gasteiger partial charge in [0.05, 0.1) is 18.0 Å². The number of amides is 1. The van der Waals surface area contributed by atoms with E-state index in [9.17, 15) is 13.2 Å². The molecule has 1 N–H and O–H groups in total. The van der Waals surface area contributed by atoms with E-state index in [1.54, 1.807) is 24.3 Å². The first-order chi connectivity index (χ1) is 10.9. The van der Waals surface area contributed by atoms with Gasteiger partial charge in [-0.3, -0.25) is 4.79 Å². The average Bonchev–Trinajstić information content (AvgIpc) is 2.50. The van der Waals surface area contributed by atoms with E-state index < -0.39 is 21.5 Å². The summed E-state index contributed by atoms with van der Waals surface area (Å²) < 4.78 is 29.5. The number of ether oxygens (including phenoxy) is 1. The van der Waals surface area contributed by atoms with Gasteiger partial charge >= 0.3 is 0 Å². The van der Waals surface area contributed by atoms with Crippen LogP contribution in [0.25, 0.3) is 0 Å². The molecule has 0 atom stereocenters. The highest BCUT2D eigenvalue weighted by molar-refractivity contribution is 7.92. The second-order valence-corrected chi connectivity index (χ2v) is 7.28. The normalized spacial score (nSPS) is 11.5. The molecule has 1 amide bonds. The van der Waals surface area contributed by atoms with Crippen molar-refractivity contribution >= 4 is 21.4 Å². The molecule has 0 fully saturated rings. The van der Waals surface area contributed by atoms with Gasteiger partial charge in [-0.2, -0.15) is 0 Å². The zero-order valence-corrected chi connectivity index (χ0v) is 14.9. The second-order valence-electron chi connectivity index (χ2n) is 5.10. The topological polar surface area (TPSA) is 75.7 Å². The Labute approximate surface area is 138 Å². The molecule has 0 aliphatic carbocycles. The first kappa shape index (κ1) is 19.4. The Kier molecular flexibility index (Phi) is 8.05. The molecule has 0 aromatic heterocycles. The van der Waals surface area contributed by atoms with Gasteiger partial charge in [-0.15, -0.1) is 0 Å². The fraction of sp³-hybridized carbons (Fsp3) is 0.562. The molecule has 130 valence electrons. The minimum Gasteiger partial charge on any atom is -0.492 e. The predicted molar refractivity (Wildman–Crippen MR) is 92.7 cm³/mol. The van der Waals surface area contributed by atoms with Crippen LogP contribution < -0.4 is 10.1 Å². The number of hydrogen-bond donors (Lipinski definition) is 1. The van der Waals surface area contributed by atoms with E-state index in [1.807, 2.05) is 25.7 Å². The number of para-hydroxylation sites is 2. The summed E-state index contributed by atoms with van der Waals surface area (Å²) in [6.45, 7) is 8.30. The Morgan fingerprint density at radius 2 is 1.83 bits per heavy atom. The number of carbonyl (C=O) groups excluding carboxylic acids is 1. The molecular formula is C16H26N2O4S. The van der Waals surface area contributed by atoms with Gasteiger partial charge in [0.25, 0.3) is 0 Å². The summed E-state index contributed by atoms with van der Waals surface area (Å²) in [5.74, 6) is -0.551. The zero-order valence-electron chi connectivity index (χ0n) is 14.0. The van der Waals surface area contributed by atoms with Crippen LogP contribution in [0.1, 0.15) is 20.8 Å². The Bertz CT molecular complexity index is 598. The molecule has 0 spiro atoms. The summed E-state index contributed by atoms with van der Waals surface area (Å²) in [5.41, 5.74) is 0.485. The van der Waals surface area contributed by atoms with Crippen molar-refractivity contribution in [3.05, 3.63) is 24.3 Å². The number of anilines is 1. The lowest BCUT2D eigenvalue weighted by molar-refractivity contribution is -0.113. The molecule has 1 aromatic carbocycles. The van der Waals surface area contributed by atoms with Crippen LogP contribution in [0.2, 0.25) is 0 Å². The van der Waals surface area contributed by atoms with Gasteiger partial charge in [0, 0.05) is 6.54 Å². The van der Waals surface area contributed by atoms with Gasteiger partial charge < -0.3 is 15.0 Å². The molecule has 1 rings (SSSR count). The van der Waals surface area contributed by atoms with E-state index in [2.05, 4.69) is 5.32 Å². The van der Waals surface area contributed by atoms with E-state index in [0.717, 1.165) is 13.1 Å². The zero-order chi connectivity index (χ0) is 17.3. The van der Waals surface area contributed by atoms with E-state index >= 15 is 0 Å². The molecule has 0 aliphatic rings. The third kappa shape index (κ3) is 7.00. The number of benzene rings is 1. The minimum atomic E-state index is -3.44. The van der Waals surface area contributed by atoms with Gasteiger partial charge in [0.2, 0.25) is 5.91 Å². The fourth-order valence-electron chi connectivity index (χ4n) is 2.12. The smallest absolute Gasteiger partial charge is 0.239 e. The Balaban J connectivity index is 2.62. The molecule has 0 heterocycles. The lowest BCUT2D eigenvalue weighted by Gasteiger charge is -2.17. The van der Waals surface area contributed by atoms with Crippen LogP contribution in [0.3, 0.4) is 0 Å². The predicted octanol–water partition coefficient (Wildman–Crippen LogP) is 1.78. The van der Waals surface area contributed by atoms with E-state index in [0.29, 0.717) is 24.6 Å². The first-order valence-electron chi connectivity index (χ1n) is 7.86. The van der Waals surface area contributed by atoms with Crippen molar-refractivity contribution in [3.63, 3.8) is 0 Å². The maximum atomic E-state index is 12.1. The molecule has 0 unspecified atom stereocenters. The molecule has 23 heavy (non-hydrogen) atoms. The second kappa shape index (κ2) is 9.52. The summed E-state index contributed by atoms with van der Waals surface area (Å²) in [7, 11) is -3.44. The number of nitrogens with zero attached hydrogens (tertiary/aromatic N) is 1. The maximum absolute atomic E-state index is 12.1. The molecular weight excluding hydrogens is 316 g/mol. The van der Waals surface area contributed by atoms with Gasteiger partial charge in [0.1, 0.15) is 11.5 Å². The van der Waals surface area contributed by atoms with Gasteiger partial charge in [0.15, 0.2) is 9.84 Å². The standard InChI is InChI=1S/C16H26N2O4S/c1-4-18(5-2)11-12-23(20,21)13-16(19)17-14-9-7-8-10-15(14)22-6-3/h7-10H,4-6,11-13H2,1-3H3,(H,17,19). The van der Waals surface area contributed by atoms with Crippen LogP contribution in [-0.4, -0.2) is 57.0 Å². The van der Waals surface area contributed by atoms with Gasteiger partial charge in [-0.05, 0) is 32.1 Å². The fourth-order valence-corrected chi connectivity index (χ4v) is 3.27. The van der Waals surface area contributed by atoms with Crippen LogP contribution in [-0.2, 0) is 14.6 Å². The molecule has 0 bridgehead atoms. The Morgan fingerprint density at radius 1 is 1.17 bits per heavy atom. The van der Waals surface area contributed by atoms with Crippen LogP contribution in [0.5, 0.6) is 5.75 Å². The third-order valence-corrected chi connectivity index (χ3v) is 4.93. The van der Waals surface area contributed by atoms with Crippen LogP contribution >= 0.6 is 0 Å². The Hall–Kier alpha value is -1.60. The highest BCUT2D eigenvalue weighted by atomic mass is 32.2. The van der Waals surface area contributed by atoms with Crippen LogP contribution in [0, 0.1) is 0 Å². The summed E-state index contributed by atoms with van der Waals surface area (Å²) in [4.78, 5) is 14.0. The molecule has 0 aliphatic heterocycles. The Morgan fingerprint density at radius 3 is 2.43 bits per heavy atom. The van der Waals surface area contributed by atoms with E-state index in [-0.39, 0.29) is 5.75 Å². The lowest BCUT2D eigenvalue weighted by Crippen LogP contribution is -2.32. The van der Waals surface area contributed by atoms with Crippen LogP contribution in [0.15, 0.2) is 24.3 Å². The summed E-state index contributed by atoms with van der Waals surface area (Å²) in [6.07, 6.45) is 0. The quantitative estimate of drug-likeness (QED) is 0.701. The van der Waals surface area contributed by atoms with Crippen molar-refractivity contribution < 1.29 is 17.9 Å². The number of rotatable bonds is 10. The van der Waals surface area contributed by atoms with Gasteiger partial charge in [-0.1, -0.05) is 26.0 Å². The van der Waals surface area contributed by atoms with Crippen molar-refractivity contribution in [2.24, 2.45) is 0 Å². The molecule has 0 saturated heterocycles. The minimum absolute atomic E-state index is 0.0186. The lowest BCUT2D eigenvalue weighted by atomic mass is 10.3. The van der Waals surface area contributed by atoms with Crippen LogP contribution in [0.4, 0.5) is 5.69 Å². The number of sulfone groups is 1.